The second-order valence-electron chi connectivity index (χ2n) is 3.54. The van der Waals surface area contributed by atoms with Crippen LogP contribution in [0.15, 0.2) is 18.2 Å². The standard InChI is InChI=1S/C11H14ClNO/c1-14-11-5-4-8(12)7-9(11)10-3-2-6-13-10/h4-5,7,10,13H,2-3,6H2,1H3/t10-/m1/s1. The van der Waals surface area contributed by atoms with E-state index in [0.29, 0.717) is 6.04 Å². The van der Waals surface area contributed by atoms with Crippen molar-refractivity contribution in [2.45, 2.75) is 18.9 Å². The molecular formula is C11H14ClNO. The molecule has 14 heavy (non-hydrogen) atoms. The third-order valence-electron chi connectivity index (χ3n) is 2.63. The van der Waals surface area contributed by atoms with Crippen molar-refractivity contribution in [3.63, 3.8) is 0 Å². The van der Waals surface area contributed by atoms with Crippen molar-refractivity contribution in [2.24, 2.45) is 0 Å². The quantitative estimate of drug-likeness (QED) is 0.813. The molecule has 0 radical (unpaired) electrons. The van der Waals surface area contributed by atoms with E-state index < -0.39 is 0 Å². The molecule has 1 saturated heterocycles. The maximum atomic E-state index is 5.97. The number of methoxy groups -OCH3 is 1. The van der Waals surface area contributed by atoms with Crippen LogP contribution in [0.1, 0.15) is 24.4 Å². The first-order valence-corrected chi connectivity index (χ1v) is 5.26. The molecule has 1 N–H and O–H groups in total. The van der Waals surface area contributed by atoms with Gasteiger partial charge in [-0.25, -0.2) is 0 Å². The fraction of sp³-hybridized carbons (Fsp3) is 0.455. The van der Waals surface area contributed by atoms with Crippen molar-refractivity contribution in [1.82, 2.24) is 5.32 Å². The highest BCUT2D eigenvalue weighted by Crippen LogP contribution is 2.32. The lowest BCUT2D eigenvalue weighted by atomic mass is 10.0. The van der Waals surface area contributed by atoms with Gasteiger partial charge in [-0.15, -0.1) is 0 Å². The van der Waals surface area contributed by atoms with E-state index in [2.05, 4.69) is 5.32 Å². The van der Waals surface area contributed by atoms with Crippen LogP contribution in [0.2, 0.25) is 5.02 Å². The summed E-state index contributed by atoms with van der Waals surface area (Å²) in [5.74, 6) is 0.925. The zero-order valence-corrected chi connectivity index (χ0v) is 8.97. The minimum Gasteiger partial charge on any atom is -0.496 e. The van der Waals surface area contributed by atoms with Crippen LogP contribution in [-0.2, 0) is 0 Å². The third-order valence-corrected chi connectivity index (χ3v) is 2.86. The van der Waals surface area contributed by atoms with Gasteiger partial charge in [0.1, 0.15) is 5.75 Å². The van der Waals surface area contributed by atoms with Gasteiger partial charge in [-0.1, -0.05) is 11.6 Å². The molecule has 1 atom stereocenters. The first kappa shape index (κ1) is 9.81. The van der Waals surface area contributed by atoms with E-state index in [1.54, 1.807) is 7.11 Å². The van der Waals surface area contributed by atoms with Gasteiger partial charge >= 0.3 is 0 Å². The first-order chi connectivity index (χ1) is 6.81. The Labute approximate surface area is 89.2 Å². The summed E-state index contributed by atoms with van der Waals surface area (Å²) in [5, 5.41) is 4.21. The Morgan fingerprint density at radius 1 is 1.50 bits per heavy atom. The normalized spacial score (nSPS) is 21.1. The molecule has 1 fully saturated rings. The molecule has 1 aliphatic heterocycles. The minimum atomic E-state index is 0.406. The zero-order chi connectivity index (χ0) is 9.97. The molecule has 1 heterocycles. The van der Waals surface area contributed by atoms with E-state index in [0.717, 1.165) is 23.7 Å². The van der Waals surface area contributed by atoms with E-state index >= 15 is 0 Å². The van der Waals surface area contributed by atoms with Crippen LogP contribution in [0.5, 0.6) is 5.75 Å². The van der Waals surface area contributed by atoms with Gasteiger partial charge in [0, 0.05) is 16.6 Å². The lowest BCUT2D eigenvalue weighted by Crippen LogP contribution is -2.13. The molecule has 0 aliphatic carbocycles. The lowest BCUT2D eigenvalue weighted by molar-refractivity contribution is 0.403. The molecule has 0 saturated carbocycles. The highest BCUT2D eigenvalue weighted by Gasteiger charge is 2.19. The summed E-state index contributed by atoms with van der Waals surface area (Å²) < 4.78 is 5.31. The number of ether oxygens (including phenoxy) is 1. The van der Waals surface area contributed by atoms with Gasteiger partial charge in [0.15, 0.2) is 0 Å². The minimum absolute atomic E-state index is 0.406. The Morgan fingerprint density at radius 2 is 2.36 bits per heavy atom. The average Bonchev–Trinajstić information content (AvgIpc) is 2.70. The van der Waals surface area contributed by atoms with E-state index in [9.17, 15) is 0 Å². The fourth-order valence-electron chi connectivity index (χ4n) is 1.93. The smallest absolute Gasteiger partial charge is 0.123 e. The third kappa shape index (κ3) is 1.86. The fourth-order valence-corrected chi connectivity index (χ4v) is 2.11. The van der Waals surface area contributed by atoms with E-state index in [1.165, 1.54) is 12.0 Å². The van der Waals surface area contributed by atoms with Crippen LogP contribution in [0.4, 0.5) is 0 Å². The Bertz CT molecular complexity index is 321. The second-order valence-corrected chi connectivity index (χ2v) is 3.97. The van der Waals surface area contributed by atoms with Crippen LogP contribution < -0.4 is 10.1 Å². The van der Waals surface area contributed by atoms with Crippen LogP contribution in [0.25, 0.3) is 0 Å². The van der Waals surface area contributed by atoms with Crippen molar-refractivity contribution in [3.8, 4) is 5.75 Å². The molecule has 0 spiro atoms. The van der Waals surface area contributed by atoms with Gasteiger partial charge in [0.25, 0.3) is 0 Å². The highest BCUT2D eigenvalue weighted by molar-refractivity contribution is 6.30. The predicted octanol–water partition coefficient (Wildman–Crippen LogP) is 2.77. The molecule has 2 nitrogen and oxygen atoms in total. The van der Waals surface area contributed by atoms with Gasteiger partial charge in [0.2, 0.25) is 0 Å². The molecule has 76 valence electrons. The number of benzene rings is 1. The van der Waals surface area contributed by atoms with Crippen LogP contribution >= 0.6 is 11.6 Å². The number of rotatable bonds is 2. The molecule has 1 aromatic rings. The van der Waals surface area contributed by atoms with Crippen LogP contribution in [0, 0.1) is 0 Å². The van der Waals surface area contributed by atoms with E-state index in [-0.39, 0.29) is 0 Å². The molecule has 1 aliphatic rings. The van der Waals surface area contributed by atoms with Crippen molar-refractivity contribution < 1.29 is 4.74 Å². The van der Waals surface area contributed by atoms with E-state index in [4.69, 9.17) is 16.3 Å². The number of hydrogen-bond acceptors (Lipinski definition) is 2. The molecule has 0 bridgehead atoms. The molecule has 0 unspecified atom stereocenters. The van der Waals surface area contributed by atoms with Gasteiger partial charge in [0.05, 0.1) is 7.11 Å². The van der Waals surface area contributed by atoms with Gasteiger partial charge < -0.3 is 10.1 Å². The summed E-state index contributed by atoms with van der Waals surface area (Å²) in [5.41, 5.74) is 1.18. The largest absolute Gasteiger partial charge is 0.496 e. The van der Waals surface area contributed by atoms with Gasteiger partial charge in [-0.3, -0.25) is 0 Å². The monoisotopic (exact) mass is 211 g/mol. The number of nitrogens with one attached hydrogen (secondary N) is 1. The Kier molecular flexibility index (Phi) is 2.94. The molecule has 3 heteroatoms. The van der Waals surface area contributed by atoms with Crippen molar-refractivity contribution in [1.29, 1.82) is 0 Å². The lowest BCUT2D eigenvalue weighted by Gasteiger charge is -2.15. The van der Waals surface area contributed by atoms with E-state index in [1.807, 2.05) is 18.2 Å². The van der Waals surface area contributed by atoms with Crippen LogP contribution in [0.3, 0.4) is 0 Å². The summed E-state index contributed by atoms with van der Waals surface area (Å²) in [6.45, 7) is 1.08. The average molecular weight is 212 g/mol. The second kappa shape index (κ2) is 4.20. The van der Waals surface area contributed by atoms with Crippen molar-refractivity contribution in [3.05, 3.63) is 28.8 Å². The Morgan fingerprint density at radius 3 is 3.00 bits per heavy atom. The SMILES string of the molecule is COc1ccc(Cl)cc1[C@H]1CCCN1. The summed E-state index contributed by atoms with van der Waals surface area (Å²) in [6.07, 6.45) is 2.39. The Hall–Kier alpha value is -0.730. The van der Waals surface area contributed by atoms with Gasteiger partial charge in [-0.05, 0) is 37.6 Å². The summed E-state index contributed by atoms with van der Waals surface area (Å²) in [4.78, 5) is 0. The molecular weight excluding hydrogens is 198 g/mol. The van der Waals surface area contributed by atoms with Crippen molar-refractivity contribution >= 4 is 11.6 Å². The molecule has 1 aromatic carbocycles. The highest BCUT2D eigenvalue weighted by atomic mass is 35.5. The number of hydrogen-bond donors (Lipinski definition) is 1. The summed E-state index contributed by atoms with van der Waals surface area (Å²) in [7, 11) is 1.70. The molecule has 2 rings (SSSR count). The van der Waals surface area contributed by atoms with Crippen LogP contribution in [-0.4, -0.2) is 13.7 Å². The maximum Gasteiger partial charge on any atom is 0.123 e. The van der Waals surface area contributed by atoms with Gasteiger partial charge in [-0.2, -0.15) is 0 Å². The summed E-state index contributed by atoms with van der Waals surface area (Å²) >= 11 is 5.97. The zero-order valence-electron chi connectivity index (χ0n) is 8.22. The Balaban J connectivity index is 2.33. The predicted molar refractivity (Wildman–Crippen MR) is 58.0 cm³/mol. The molecule has 0 amide bonds. The first-order valence-electron chi connectivity index (χ1n) is 4.88. The maximum absolute atomic E-state index is 5.97. The summed E-state index contributed by atoms with van der Waals surface area (Å²) in [6, 6.07) is 6.18. The molecule has 0 aromatic heterocycles. The topological polar surface area (TPSA) is 21.3 Å². The number of halogens is 1. The van der Waals surface area contributed by atoms with Crippen molar-refractivity contribution in [2.75, 3.05) is 13.7 Å².